The Hall–Kier alpha value is -2.02. The molecule has 0 N–H and O–H groups in total. The van der Waals surface area contributed by atoms with Crippen LogP contribution in [0.25, 0.3) is 0 Å². The topological polar surface area (TPSA) is 17.1 Å². The van der Waals surface area contributed by atoms with E-state index in [2.05, 4.69) is 78.6 Å². The van der Waals surface area contributed by atoms with Crippen LogP contribution >= 0.6 is 7.26 Å². The van der Waals surface area contributed by atoms with Gasteiger partial charge in [0.2, 0.25) is 0 Å². The molecule has 3 heteroatoms. The number of carbonyl (C=O) groups is 1. The molecule has 0 saturated heterocycles. The van der Waals surface area contributed by atoms with Gasteiger partial charge in [0.15, 0.2) is 5.78 Å². The minimum Gasteiger partial charge on any atom is -1.00 e. The highest BCUT2D eigenvalue weighted by molar-refractivity contribution is 7.98. The number of carbonyl (C=O) groups excluding carboxylic acids is 1. The second-order valence-corrected chi connectivity index (χ2v) is 8.95. The molecule has 3 rings (SSSR count). The van der Waals surface area contributed by atoms with Crippen molar-refractivity contribution in [2.45, 2.75) is 6.92 Å². The fourth-order valence-electron chi connectivity index (χ4n) is 2.91. The van der Waals surface area contributed by atoms with Crippen molar-refractivity contribution in [2.24, 2.45) is 0 Å². The highest BCUT2D eigenvalue weighted by atomic mass is 79.9. The van der Waals surface area contributed by atoms with Crippen LogP contribution in [0, 0.1) is 0 Å². The maximum atomic E-state index is 11.7. The van der Waals surface area contributed by atoms with E-state index >= 15 is 0 Å². The van der Waals surface area contributed by atoms with Crippen LogP contribution < -0.4 is 32.9 Å². The van der Waals surface area contributed by atoms with Crippen molar-refractivity contribution in [3.05, 3.63) is 103 Å². The zero-order chi connectivity index (χ0) is 16.8. The molecule has 0 bridgehead atoms. The first-order valence-electron chi connectivity index (χ1n) is 7.99. The summed E-state index contributed by atoms with van der Waals surface area (Å²) in [6.45, 7) is 1.60. The van der Waals surface area contributed by atoms with Gasteiger partial charge in [0.05, 0.1) is 5.82 Å². The summed E-state index contributed by atoms with van der Waals surface area (Å²) in [6.07, 6.45) is 1.72. The third-order valence-corrected chi connectivity index (χ3v) is 7.96. The van der Waals surface area contributed by atoms with Crippen molar-refractivity contribution in [2.75, 3.05) is 0 Å². The van der Waals surface area contributed by atoms with Crippen LogP contribution in [0.5, 0.6) is 0 Å². The summed E-state index contributed by atoms with van der Waals surface area (Å²) in [5.74, 6) is 2.21. The van der Waals surface area contributed by atoms with Gasteiger partial charge >= 0.3 is 0 Å². The molecule has 0 aliphatic heterocycles. The quantitative estimate of drug-likeness (QED) is 0.454. The molecule has 0 atom stereocenters. The summed E-state index contributed by atoms with van der Waals surface area (Å²) in [6, 6.07) is 31.5. The Morgan fingerprint density at radius 3 is 1.28 bits per heavy atom. The van der Waals surface area contributed by atoms with Gasteiger partial charge in [0.25, 0.3) is 0 Å². The van der Waals surface area contributed by atoms with Crippen LogP contribution in [0.3, 0.4) is 0 Å². The number of hydrogen-bond donors (Lipinski definition) is 0. The Labute approximate surface area is 160 Å². The smallest absolute Gasteiger partial charge is 0.155 e. The normalized spacial score (nSPS) is 11.1. The monoisotopic (exact) mass is 410 g/mol. The van der Waals surface area contributed by atoms with Crippen LogP contribution in [-0.4, -0.2) is 5.78 Å². The van der Waals surface area contributed by atoms with Crippen LogP contribution in [0.4, 0.5) is 0 Å². The number of halogens is 1. The predicted octanol–water partition coefficient (Wildman–Crippen LogP) is 1.09. The van der Waals surface area contributed by atoms with Gasteiger partial charge in [-0.25, -0.2) is 0 Å². The van der Waals surface area contributed by atoms with Gasteiger partial charge in [-0.1, -0.05) is 54.6 Å². The van der Waals surface area contributed by atoms with E-state index in [1.54, 1.807) is 13.0 Å². The van der Waals surface area contributed by atoms with Gasteiger partial charge in [-0.2, -0.15) is 0 Å². The molecule has 0 aromatic heterocycles. The molecular weight excluding hydrogens is 391 g/mol. The first-order chi connectivity index (χ1) is 11.7. The molecule has 0 amide bonds. The second kappa shape index (κ2) is 8.89. The number of allylic oxidation sites excluding steroid dienone is 1. The van der Waals surface area contributed by atoms with Gasteiger partial charge in [-0.05, 0) is 43.3 Å². The zero-order valence-corrected chi connectivity index (χ0v) is 16.5. The van der Waals surface area contributed by atoms with E-state index in [0.29, 0.717) is 0 Å². The number of benzene rings is 3. The summed E-state index contributed by atoms with van der Waals surface area (Å²) in [5, 5.41) is 3.75. The molecule has 0 saturated carbocycles. The average molecular weight is 411 g/mol. The molecular formula is C22H20BrOP. The molecule has 0 aliphatic carbocycles. The average Bonchev–Trinajstić information content (AvgIpc) is 2.65. The fourth-order valence-corrected chi connectivity index (χ4v) is 6.68. The number of rotatable bonds is 5. The standard InChI is InChI=1S/C22H20OP.BrH/c1-19(23)17-18-24(20-11-5-2-6-12-20,21-13-7-3-8-14-21)22-15-9-4-10-16-22;/h2-18H,1H3;1H/q+1;/p-1. The van der Waals surface area contributed by atoms with E-state index in [0.717, 1.165) is 0 Å². The SMILES string of the molecule is CC(=O)C=C[P+](c1ccccc1)(c1ccccc1)c1ccccc1.[Br-]. The van der Waals surface area contributed by atoms with Crippen molar-refractivity contribution in [3.63, 3.8) is 0 Å². The highest BCUT2D eigenvalue weighted by Crippen LogP contribution is 2.56. The summed E-state index contributed by atoms with van der Waals surface area (Å²) in [7, 11) is -2.01. The van der Waals surface area contributed by atoms with Crippen molar-refractivity contribution < 1.29 is 21.8 Å². The molecule has 3 aromatic rings. The largest absolute Gasteiger partial charge is 1.00 e. The Bertz CT molecular complexity index is 733. The van der Waals surface area contributed by atoms with E-state index in [1.165, 1.54) is 15.9 Å². The minimum atomic E-state index is -2.01. The van der Waals surface area contributed by atoms with E-state index in [4.69, 9.17) is 0 Å². The second-order valence-electron chi connectivity index (χ2n) is 5.66. The van der Waals surface area contributed by atoms with Gasteiger partial charge in [0, 0.05) is 6.08 Å². The Morgan fingerprint density at radius 1 is 0.680 bits per heavy atom. The summed E-state index contributed by atoms with van der Waals surface area (Å²) in [4.78, 5) is 11.7. The third kappa shape index (κ3) is 4.15. The van der Waals surface area contributed by atoms with Crippen molar-refractivity contribution in [1.29, 1.82) is 0 Å². The molecule has 25 heavy (non-hydrogen) atoms. The van der Waals surface area contributed by atoms with E-state index in [1.807, 2.05) is 18.2 Å². The lowest BCUT2D eigenvalue weighted by Crippen LogP contribution is -3.00. The Morgan fingerprint density at radius 2 is 1.00 bits per heavy atom. The van der Waals surface area contributed by atoms with Crippen LogP contribution in [0.1, 0.15) is 6.92 Å². The number of ketones is 1. The molecule has 0 heterocycles. The summed E-state index contributed by atoms with van der Waals surface area (Å²) < 4.78 is 0. The molecule has 0 radical (unpaired) electrons. The maximum Gasteiger partial charge on any atom is 0.155 e. The van der Waals surface area contributed by atoms with E-state index in [9.17, 15) is 4.79 Å². The van der Waals surface area contributed by atoms with Crippen LogP contribution in [-0.2, 0) is 4.79 Å². The lowest BCUT2D eigenvalue weighted by atomic mass is 10.4. The zero-order valence-electron chi connectivity index (χ0n) is 14.0. The van der Waals surface area contributed by atoms with Crippen molar-refractivity contribution in [3.8, 4) is 0 Å². The van der Waals surface area contributed by atoms with E-state index in [-0.39, 0.29) is 22.8 Å². The van der Waals surface area contributed by atoms with Gasteiger partial charge in [0.1, 0.15) is 23.2 Å². The lowest BCUT2D eigenvalue weighted by molar-refractivity contribution is -0.112. The Balaban J connectivity index is 0.00000225. The molecule has 0 spiro atoms. The summed E-state index contributed by atoms with van der Waals surface area (Å²) >= 11 is 0. The van der Waals surface area contributed by atoms with Gasteiger partial charge in [-0.15, -0.1) is 0 Å². The predicted molar refractivity (Wildman–Crippen MR) is 105 cm³/mol. The van der Waals surface area contributed by atoms with Crippen molar-refractivity contribution >= 4 is 29.0 Å². The lowest BCUT2D eigenvalue weighted by Gasteiger charge is -2.23. The molecule has 3 aromatic carbocycles. The molecule has 126 valence electrons. The highest BCUT2D eigenvalue weighted by Gasteiger charge is 2.43. The van der Waals surface area contributed by atoms with Gasteiger partial charge in [-0.3, -0.25) is 4.79 Å². The third-order valence-electron chi connectivity index (χ3n) is 4.02. The Kier molecular flexibility index (Phi) is 6.87. The van der Waals surface area contributed by atoms with Gasteiger partial charge < -0.3 is 17.0 Å². The van der Waals surface area contributed by atoms with Crippen molar-refractivity contribution in [1.82, 2.24) is 0 Å². The summed E-state index contributed by atoms with van der Waals surface area (Å²) in [5.41, 5.74) is 0. The molecule has 0 fully saturated rings. The first-order valence-corrected chi connectivity index (χ1v) is 9.85. The van der Waals surface area contributed by atoms with Crippen LogP contribution in [0.15, 0.2) is 103 Å². The molecule has 0 aliphatic rings. The fraction of sp³-hybridized carbons (Fsp3) is 0.0455. The van der Waals surface area contributed by atoms with E-state index < -0.39 is 7.26 Å². The van der Waals surface area contributed by atoms with Crippen LogP contribution in [0.2, 0.25) is 0 Å². The number of hydrogen-bond acceptors (Lipinski definition) is 1. The maximum absolute atomic E-state index is 11.7. The first kappa shape index (κ1) is 19.3. The molecule has 0 unspecified atom stereocenters. The molecule has 1 nitrogen and oxygen atoms in total. The minimum absolute atomic E-state index is 0.